The second-order valence-electron chi connectivity index (χ2n) is 7.24. The molecular formula is C22H16ClF2N7O2. The van der Waals surface area contributed by atoms with E-state index in [9.17, 15) is 13.6 Å². The zero-order valence-corrected chi connectivity index (χ0v) is 18.3. The number of rotatable bonds is 6. The molecule has 0 atom stereocenters. The first kappa shape index (κ1) is 21.7. The Balaban J connectivity index is 1.69. The number of fused-ring (bicyclic) bond motifs is 2. The molecule has 0 spiro atoms. The molecule has 5 rings (SSSR count). The molecular weight excluding hydrogens is 468 g/mol. The van der Waals surface area contributed by atoms with Gasteiger partial charge in [0.15, 0.2) is 5.82 Å². The number of imidazole rings is 1. The molecule has 0 amide bonds. The predicted octanol–water partition coefficient (Wildman–Crippen LogP) is 4.26. The van der Waals surface area contributed by atoms with E-state index in [2.05, 4.69) is 35.2 Å². The van der Waals surface area contributed by atoms with Gasteiger partial charge in [0.2, 0.25) is 5.88 Å². The lowest BCUT2D eigenvalue weighted by atomic mass is 10.1. The van der Waals surface area contributed by atoms with Crippen molar-refractivity contribution in [2.45, 2.75) is 6.43 Å². The van der Waals surface area contributed by atoms with Crippen LogP contribution < -0.4 is 15.6 Å². The number of anilines is 1. The van der Waals surface area contributed by atoms with Crippen LogP contribution in [-0.4, -0.2) is 50.0 Å². The van der Waals surface area contributed by atoms with E-state index in [4.69, 9.17) is 16.3 Å². The van der Waals surface area contributed by atoms with Crippen molar-refractivity contribution >= 4 is 39.4 Å². The van der Waals surface area contributed by atoms with Gasteiger partial charge in [-0.25, -0.2) is 23.7 Å². The monoisotopic (exact) mass is 483 g/mol. The summed E-state index contributed by atoms with van der Waals surface area (Å²) in [5, 5.41) is 3.26. The maximum absolute atomic E-state index is 12.9. The van der Waals surface area contributed by atoms with Crippen molar-refractivity contribution in [1.29, 1.82) is 0 Å². The van der Waals surface area contributed by atoms with Gasteiger partial charge in [-0.1, -0.05) is 11.6 Å². The van der Waals surface area contributed by atoms with Crippen molar-refractivity contribution in [1.82, 2.24) is 29.9 Å². The Kier molecular flexibility index (Phi) is 5.54. The molecule has 0 saturated carbocycles. The summed E-state index contributed by atoms with van der Waals surface area (Å²) in [7, 11) is 1.51. The summed E-state index contributed by atoms with van der Waals surface area (Å²) >= 11 is 6.04. The molecule has 0 unspecified atom stereocenters. The standard InChI is InChI=1S/C22H16ClF2N7O2/c1-34-22-10(3-2-5-27-22)17-11-7-12(21(33)30-13(11)4-6-26-17)19-29-14-8-15(23)31-20(18(14)32-19)28-9-16(24)25/h2-8,16H,9H2,1H3,(H,28,31)(H,29,32)(H,30,33). The molecule has 0 fully saturated rings. The summed E-state index contributed by atoms with van der Waals surface area (Å²) < 4.78 is 30.8. The average molecular weight is 484 g/mol. The maximum Gasteiger partial charge on any atom is 0.259 e. The third-order valence-electron chi connectivity index (χ3n) is 5.11. The van der Waals surface area contributed by atoms with Crippen LogP contribution in [0.25, 0.3) is 44.6 Å². The zero-order valence-electron chi connectivity index (χ0n) is 17.6. The van der Waals surface area contributed by atoms with Crippen LogP contribution in [0, 0.1) is 0 Å². The molecule has 3 N–H and O–H groups in total. The average Bonchev–Trinajstić information content (AvgIpc) is 3.25. The van der Waals surface area contributed by atoms with Crippen LogP contribution in [0.2, 0.25) is 5.15 Å². The van der Waals surface area contributed by atoms with E-state index in [1.807, 2.05) is 6.07 Å². The number of aromatic amines is 2. The summed E-state index contributed by atoms with van der Waals surface area (Å²) in [5.41, 5.74) is 2.30. The van der Waals surface area contributed by atoms with Crippen molar-refractivity contribution in [3.05, 3.63) is 58.2 Å². The van der Waals surface area contributed by atoms with Gasteiger partial charge in [0.1, 0.15) is 16.5 Å². The highest BCUT2D eigenvalue weighted by Gasteiger charge is 2.18. The van der Waals surface area contributed by atoms with Gasteiger partial charge >= 0.3 is 0 Å². The Labute approximate surface area is 195 Å². The van der Waals surface area contributed by atoms with Gasteiger partial charge in [0, 0.05) is 23.8 Å². The molecule has 5 aromatic rings. The van der Waals surface area contributed by atoms with E-state index in [-0.39, 0.29) is 27.9 Å². The maximum atomic E-state index is 12.9. The molecule has 5 heterocycles. The molecule has 0 aliphatic carbocycles. The highest BCUT2D eigenvalue weighted by atomic mass is 35.5. The Morgan fingerprint density at radius 2 is 1.94 bits per heavy atom. The molecule has 0 aliphatic rings. The zero-order chi connectivity index (χ0) is 23.8. The smallest absolute Gasteiger partial charge is 0.259 e. The number of ether oxygens (including phenoxy) is 1. The number of nitrogens with zero attached hydrogens (tertiary/aromatic N) is 4. The molecule has 0 aromatic carbocycles. The number of nitrogens with one attached hydrogen (secondary N) is 3. The van der Waals surface area contributed by atoms with Crippen LogP contribution in [0.3, 0.4) is 0 Å². The van der Waals surface area contributed by atoms with Gasteiger partial charge in [0.25, 0.3) is 12.0 Å². The van der Waals surface area contributed by atoms with Crippen LogP contribution >= 0.6 is 11.6 Å². The van der Waals surface area contributed by atoms with Gasteiger partial charge in [-0.05, 0) is 24.3 Å². The Morgan fingerprint density at radius 1 is 1.09 bits per heavy atom. The number of aromatic nitrogens is 6. The van der Waals surface area contributed by atoms with Gasteiger partial charge in [-0.3, -0.25) is 9.78 Å². The second-order valence-corrected chi connectivity index (χ2v) is 7.63. The van der Waals surface area contributed by atoms with Crippen LogP contribution in [0.15, 0.2) is 47.5 Å². The van der Waals surface area contributed by atoms with Crippen molar-refractivity contribution in [3.63, 3.8) is 0 Å². The van der Waals surface area contributed by atoms with Crippen LogP contribution in [0.4, 0.5) is 14.6 Å². The van der Waals surface area contributed by atoms with Crippen molar-refractivity contribution in [2.24, 2.45) is 0 Å². The quantitative estimate of drug-likeness (QED) is 0.308. The van der Waals surface area contributed by atoms with Crippen molar-refractivity contribution in [2.75, 3.05) is 19.0 Å². The number of pyridine rings is 4. The van der Waals surface area contributed by atoms with E-state index in [1.54, 1.807) is 30.6 Å². The minimum atomic E-state index is -2.59. The van der Waals surface area contributed by atoms with E-state index >= 15 is 0 Å². The summed E-state index contributed by atoms with van der Waals surface area (Å²) in [6.45, 7) is -0.622. The summed E-state index contributed by atoms with van der Waals surface area (Å²) in [4.78, 5) is 36.0. The Morgan fingerprint density at radius 3 is 2.74 bits per heavy atom. The number of alkyl halides is 2. The number of methoxy groups -OCH3 is 1. The SMILES string of the molecule is COc1ncccc1-c1nccc2[nH]c(=O)c(-c3nc4c(NCC(F)F)nc(Cl)cc4[nH]3)cc12. The van der Waals surface area contributed by atoms with Gasteiger partial charge in [-0.15, -0.1) is 0 Å². The highest BCUT2D eigenvalue weighted by molar-refractivity contribution is 6.30. The Hall–Kier alpha value is -4.12. The molecule has 12 heteroatoms. The first-order chi connectivity index (χ1) is 16.4. The molecule has 0 radical (unpaired) electrons. The first-order valence-corrected chi connectivity index (χ1v) is 10.4. The van der Waals surface area contributed by atoms with E-state index in [0.29, 0.717) is 33.6 Å². The molecule has 5 aromatic heterocycles. The lowest BCUT2D eigenvalue weighted by molar-refractivity contribution is 0.163. The summed E-state index contributed by atoms with van der Waals surface area (Å²) in [6.07, 6.45) is 0.594. The fourth-order valence-electron chi connectivity index (χ4n) is 3.66. The fourth-order valence-corrected chi connectivity index (χ4v) is 3.85. The van der Waals surface area contributed by atoms with Crippen LogP contribution in [-0.2, 0) is 0 Å². The molecule has 0 saturated heterocycles. The minimum Gasteiger partial charge on any atom is -0.481 e. The van der Waals surface area contributed by atoms with E-state index in [0.717, 1.165) is 0 Å². The molecule has 9 nitrogen and oxygen atoms in total. The minimum absolute atomic E-state index is 0.0852. The van der Waals surface area contributed by atoms with Crippen molar-refractivity contribution < 1.29 is 13.5 Å². The number of halogens is 3. The normalized spacial score (nSPS) is 11.4. The lowest BCUT2D eigenvalue weighted by Crippen LogP contribution is -2.11. The molecule has 0 aliphatic heterocycles. The topological polar surface area (TPSA) is 121 Å². The first-order valence-electron chi connectivity index (χ1n) is 10.0. The highest BCUT2D eigenvalue weighted by Crippen LogP contribution is 2.33. The number of hydrogen-bond acceptors (Lipinski definition) is 7. The third-order valence-corrected chi connectivity index (χ3v) is 5.30. The van der Waals surface area contributed by atoms with Crippen molar-refractivity contribution in [3.8, 4) is 28.5 Å². The van der Waals surface area contributed by atoms with Gasteiger partial charge in [-0.2, -0.15) is 0 Å². The van der Waals surface area contributed by atoms with Gasteiger partial charge < -0.3 is 20.0 Å². The summed E-state index contributed by atoms with van der Waals surface area (Å²) in [6, 6.07) is 8.41. The fraction of sp³-hybridized carbons (Fsp3) is 0.136. The molecule has 0 bridgehead atoms. The second kappa shape index (κ2) is 8.67. The predicted molar refractivity (Wildman–Crippen MR) is 125 cm³/mol. The number of hydrogen-bond donors (Lipinski definition) is 3. The number of H-pyrrole nitrogens is 2. The van der Waals surface area contributed by atoms with Crippen LogP contribution in [0.5, 0.6) is 5.88 Å². The van der Waals surface area contributed by atoms with Crippen LogP contribution in [0.1, 0.15) is 0 Å². The molecule has 34 heavy (non-hydrogen) atoms. The summed E-state index contributed by atoms with van der Waals surface area (Å²) in [5.74, 6) is 0.690. The Bertz CT molecular complexity index is 1590. The van der Waals surface area contributed by atoms with E-state index in [1.165, 1.54) is 13.2 Å². The third kappa shape index (κ3) is 3.90. The van der Waals surface area contributed by atoms with E-state index < -0.39 is 18.5 Å². The lowest BCUT2D eigenvalue weighted by Gasteiger charge is -2.09. The van der Waals surface area contributed by atoms with Gasteiger partial charge in [0.05, 0.1) is 41.5 Å². The largest absolute Gasteiger partial charge is 0.481 e. The molecule has 172 valence electrons.